The first-order chi connectivity index (χ1) is 13.4. The molecule has 0 radical (unpaired) electrons. The topological polar surface area (TPSA) is 99.7 Å². The summed E-state index contributed by atoms with van der Waals surface area (Å²) in [7, 11) is -0.0325. The Kier molecular flexibility index (Phi) is 6.98. The summed E-state index contributed by atoms with van der Waals surface area (Å²) in [6.45, 7) is 1.98. The largest absolute Gasteiger partial charge is 0.505 e. The van der Waals surface area contributed by atoms with E-state index in [2.05, 4.69) is 22.2 Å². The number of amides is 2. The molecule has 7 nitrogen and oxygen atoms in total. The molecule has 9 heteroatoms. The van der Waals surface area contributed by atoms with Crippen LogP contribution in [0.1, 0.15) is 39.0 Å². The average Bonchev–Trinajstić information content (AvgIpc) is 3.27. The number of carbonyl (C=O) groups excluding carboxylic acids is 1. The van der Waals surface area contributed by atoms with E-state index in [4.69, 9.17) is 16.4 Å². The minimum atomic E-state index is -1.55. The van der Waals surface area contributed by atoms with Crippen LogP contribution in [0.2, 0.25) is 5.02 Å². The van der Waals surface area contributed by atoms with E-state index in [1.165, 1.54) is 13.2 Å². The Morgan fingerprint density at radius 1 is 1.32 bits per heavy atom. The summed E-state index contributed by atoms with van der Waals surface area (Å²) in [5, 5.41) is 16.2. The zero-order chi connectivity index (χ0) is 20.3. The van der Waals surface area contributed by atoms with Crippen molar-refractivity contribution in [1.29, 1.82) is 0 Å². The van der Waals surface area contributed by atoms with E-state index in [1.54, 1.807) is 6.07 Å². The number of phenols is 1. The van der Waals surface area contributed by atoms with Gasteiger partial charge in [0.2, 0.25) is 0 Å². The number of hydrogen-bond acceptors (Lipinski definition) is 5. The van der Waals surface area contributed by atoms with Crippen molar-refractivity contribution in [2.75, 3.05) is 12.4 Å². The number of benzene rings is 1. The highest BCUT2D eigenvalue weighted by Crippen LogP contribution is 2.39. The summed E-state index contributed by atoms with van der Waals surface area (Å²) < 4.78 is 13.2. The molecule has 0 heterocycles. The van der Waals surface area contributed by atoms with Gasteiger partial charge in [-0.05, 0) is 44.7 Å². The molecule has 0 aliphatic heterocycles. The van der Waals surface area contributed by atoms with Crippen molar-refractivity contribution in [2.45, 2.75) is 61.3 Å². The number of hydroxylamine groups is 1. The zero-order valence-electron chi connectivity index (χ0n) is 16.0. The van der Waals surface area contributed by atoms with Crippen LogP contribution in [0.15, 0.2) is 28.7 Å². The molecule has 4 N–H and O–H groups in total. The van der Waals surface area contributed by atoms with Crippen molar-refractivity contribution in [3.05, 3.63) is 28.8 Å². The molecule has 154 valence electrons. The lowest BCUT2D eigenvalue weighted by Gasteiger charge is -2.21. The van der Waals surface area contributed by atoms with E-state index in [0.717, 1.165) is 37.7 Å². The first kappa shape index (κ1) is 21.1. The van der Waals surface area contributed by atoms with Crippen molar-refractivity contribution in [1.82, 2.24) is 10.8 Å². The van der Waals surface area contributed by atoms with Gasteiger partial charge in [-0.2, -0.15) is 5.48 Å². The highest BCUT2D eigenvalue weighted by atomic mass is 35.5. The summed E-state index contributed by atoms with van der Waals surface area (Å²) in [6.07, 6.45) is 6.36. The fourth-order valence-electron chi connectivity index (χ4n) is 3.81. The third kappa shape index (κ3) is 4.51. The normalized spacial score (nSPS) is 25.4. The van der Waals surface area contributed by atoms with Crippen LogP contribution in [0, 0.1) is 0 Å². The molecule has 1 aromatic carbocycles. The molecule has 28 heavy (non-hydrogen) atoms. The number of urea groups is 1. The van der Waals surface area contributed by atoms with Crippen LogP contribution in [-0.2, 0) is 15.6 Å². The SMILES string of the molecule is CON[C@@H]1CCC[C@H]1S(=O)c1c(Cl)ccc(NC(=O)NC2CCC=C2C)c1O. The molecule has 0 aromatic heterocycles. The number of carbonyl (C=O) groups is 1. The van der Waals surface area contributed by atoms with Crippen LogP contribution in [0.5, 0.6) is 5.75 Å². The van der Waals surface area contributed by atoms with Gasteiger partial charge in [-0.3, -0.25) is 4.21 Å². The van der Waals surface area contributed by atoms with E-state index in [9.17, 15) is 14.1 Å². The highest BCUT2D eigenvalue weighted by molar-refractivity contribution is 7.86. The summed E-state index contributed by atoms with van der Waals surface area (Å²) in [6, 6.07) is 2.53. The van der Waals surface area contributed by atoms with Crippen molar-refractivity contribution in [3.63, 3.8) is 0 Å². The Labute approximate surface area is 172 Å². The summed E-state index contributed by atoms with van der Waals surface area (Å²) in [4.78, 5) is 17.5. The highest BCUT2D eigenvalue weighted by Gasteiger charge is 2.35. The predicted molar refractivity (Wildman–Crippen MR) is 110 cm³/mol. The first-order valence-electron chi connectivity index (χ1n) is 9.37. The first-order valence-corrected chi connectivity index (χ1v) is 11.0. The molecule has 4 atom stereocenters. The van der Waals surface area contributed by atoms with Gasteiger partial charge in [0.1, 0.15) is 4.90 Å². The summed E-state index contributed by atoms with van der Waals surface area (Å²) in [5.41, 5.74) is 4.17. The number of aromatic hydroxyl groups is 1. The van der Waals surface area contributed by atoms with Gasteiger partial charge in [0, 0.05) is 6.04 Å². The Bertz CT molecular complexity index is 802. The minimum absolute atomic E-state index is 0.0117. The molecule has 3 rings (SSSR count). The quantitative estimate of drug-likeness (QED) is 0.316. The number of rotatable bonds is 6. The number of nitrogens with one attached hydrogen (secondary N) is 3. The van der Waals surface area contributed by atoms with Gasteiger partial charge in [0.25, 0.3) is 0 Å². The number of phenolic OH excluding ortho intramolecular Hbond substituents is 1. The molecule has 0 saturated heterocycles. The Morgan fingerprint density at radius 3 is 2.79 bits per heavy atom. The summed E-state index contributed by atoms with van der Waals surface area (Å²) >= 11 is 6.25. The van der Waals surface area contributed by atoms with Crippen LogP contribution in [-0.4, -0.2) is 39.8 Å². The van der Waals surface area contributed by atoms with Gasteiger partial charge in [-0.25, -0.2) is 4.79 Å². The molecular weight excluding hydrogens is 402 g/mol. The number of allylic oxidation sites excluding steroid dienone is 1. The lowest BCUT2D eigenvalue weighted by atomic mass is 10.2. The van der Waals surface area contributed by atoms with E-state index < -0.39 is 16.8 Å². The van der Waals surface area contributed by atoms with Gasteiger partial charge in [-0.1, -0.05) is 29.7 Å². The monoisotopic (exact) mass is 427 g/mol. The van der Waals surface area contributed by atoms with E-state index in [-0.39, 0.29) is 38.7 Å². The second kappa shape index (κ2) is 9.26. The molecule has 1 fully saturated rings. The summed E-state index contributed by atoms with van der Waals surface area (Å²) in [5.74, 6) is -0.261. The lowest BCUT2D eigenvalue weighted by molar-refractivity contribution is 0.0639. The maximum atomic E-state index is 13.2. The van der Waals surface area contributed by atoms with Crippen LogP contribution < -0.4 is 16.1 Å². The third-order valence-corrected chi connectivity index (χ3v) is 7.66. The van der Waals surface area contributed by atoms with Gasteiger partial charge in [-0.15, -0.1) is 0 Å². The van der Waals surface area contributed by atoms with E-state index in [1.807, 2.05) is 6.92 Å². The van der Waals surface area contributed by atoms with Gasteiger partial charge < -0.3 is 20.6 Å². The van der Waals surface area contributed by atoms with Gasteiger partial charge >= 0.3 is 6.03 Å². The molecule has 0 bridgehead atoms. The lowest BCUT2D eigenvalue weighted by Crippen LogP contribution is -2.38. The van der Waals surface area contributed by atoms with Gasteiger partial charge in [0.15, 0.2) is 5.75 Å². The van der Waals surface area contributed by atoms with E-state index in [0.29, 0.717) is 0 Å². The molecule has 2 unspecified atom stereocenters. The molecular formula is C19H26ClN3O4S. The fraction of sp³-hybridized carbons (Fsp3) is 0.526. The van der Waals surface area contributed by atoms with Crippen molar-refractivity contribution in [3.8, 4) is 5.75 Å². The van der Waals surface area contributed by atoms with Gasteiger partial charge in [0.05, 0.1) is 39.9 Å². The van der Waals surface area contributed by atoms with Crippen molar-refractivity contribution >= 4 is 34.1 Å². The second-order valence-electron chi connectivity index (χ2n) is 7.14. The molecule has 2 aliphatic rings. The maximum Gasteiger partial charge on any atom is 0.319 e. The number of halogens is 1. The Balaban J connectivity index is 1.77. The molecule has 1 aromatic rings. The van der Waals surface area contributed by atoms with Crippen LogP contribution >= 0.6 is 11.6 Å². The number of hydrogen-bond donors (Lipinski definition) is 4. The predicted octanol–water partition coefficient (Wildman–Crippen LogP) is 3.46. The standard InChI is InChI=1S/C19H26ClN3O4S/c1-11-5-3-6-13(11)21-19(25)22-15-10-9-12(20)18(17(15)24)28(26)16-8-4-7-14(16)23-27-2/h5,9-10,13-14,16,23-24H,3-4,6-8H2,1-2H3,(H2,21,22,25)/t13?,14-,16-,28?/m1/s1. The Morgan fingerprint density at radius 2 is 2.11 bits per heavy atom. The number of anilines is 1. The second-order valence-corrected chi connectivity index (χ2v) is 9.16. The average molecular weight is 428 g/mol. The maximum absolute atomic E-state index is 13.2. The smallest absolute Gasteiger partial charge is 0.319 e. The van der Waals surface area contributed by atoms with Crippen LogP contribution in [0.4, 0.5) is 10.5 Å². The molecule has 2 aliphatic carbocycles. The minimum Gasteiger partial charge on any atom is -0.505 e. The van der Waals surface area contributed by atoms with Crippen LogP contribution in [0.25, 0.3) is 0 Å². The van der Waals surface area contributed by atoms with E-state index >= 15 is 0 Å². The van der Waals surface area contributed by atoms with Crippen molar-refractivity contribution in [2.24, 2.45) is 0 Å². The molecule has 0 spiro atoms. The third-order valence-electron chi connectivity index (χ3n) is 5.31. The van der Waals surface area contributed by atoms with Crippen molar-refractivity contribution < 1.29 is 18.9 Å². The van der Waals surface area contributed by atoms with Crippen LogP contribution in [0.3, 0.4) is 0 Å². The Hall–Kier alpha value is -1.61. The molecule has 2 amide bonds. The zero-order valence-corrected chi connectivity index (χ0v) is 17.5. The fourth-order valence-corrected chi connectivity index (χ4v) is 5.92. The molecule has 1 saturated carbocycles.